The minimum atomic E-state index is 0.895. The maximum absolute atomic E-state index is 5.75. The summed E-state index contributed by atoms with van der Waals surface area (Å²) in [5.74, 6) is 0. The molecule has 104 valence electrons. The number of benzene rings is 1. The number of fused-ring (bicyclic) bond motifs is 1. The SMILES string of the molecule is C=C/C=c1/oc2ccccc2c1=C(C)C.CC.CC. The average molecular weight is 258 g/mol. The summed E-state index contributed by atoms with van der Waals surface area (Å²) >= 11 is 0. The van der Waals surface area contributed by atoms with Crippen LogP contribution in [0.3, 0.4) is 0 Å². The molecule has 0 saturated carbocycles. The van der Waals surface area contributed by atoms with Crippen LogP contribution >= 0.6 is 0 Å². The second-order valence-corrected chi connectivity index (χ2v) is 3.74. The fourth-order valence-electron chi connectivity index (χ4n) is 1.80. The molecule has 2 aromatic rings. The highest BCUT2D eigenvalue weighted by molar-refractivity contribution is 5.80. The molecule has 0 aliphatic rings. The predicted octanol–water partition coefficient (Wildman–Crippen LogP) is 4.64. The van der Waals surface area contributed by atoms with Crippen LogP contribution in [0.2, 0.25) is 0 Å². The van der Waals surface area contributed by atoms with Crippen molar-refractivity contribution in [1.29, 1.82) is 0 Å². The van der Waals surface area contributed by atoms with Gasteiger partial charge in [-0.2, -0.15) is 0 Å². The molecule has 0 unspecified atom stereocenters. The van der Waals surface area contributed by atoms with Gasteiger partial charge in [-0.25, -0.2) is 0 Å². The molecule has 0 fully saturated rings. The summed E-state index contributed by atoms with van der Waals surface area (Å²) in [4.78, 5) is 0. The molecule has 0 atom stereocenters. The first-order valence-electron chi connectivity index (χ1n) is 7.02. The van der Waals surface area contributed by atoms with E-state index in [9.17, 15) is 0 Å². The second kappa shape index (κ2) is 9.21. The Morgan fingerprint density at radius 2 is 1.63 bits per heavy atom. The summed E-state index contributed by atoms with van der Waals surface area (Å²) in [5, 5.41) is 2.36. The van der Waals surface area contributed by atoms with Crippen molar-refractivity contribution >= 4 is 22.6 Å². The fraction of sp³-hybridized carbons (Fsp3) is 0.333. The lowest BCUT2D eigenvalue weighted by atomic mass is 10.1. The van der Waals surface area contributed by atoms with Crippen molar-refractivity contribution in [2.24, 2.45) is 0 Å². The first-order chi connectivity index (χ1) is 9.24. The maximum Gasteiger partial charge on any atom is 0.135 e. The van der Waals surface area contributed by atoms with Gasteiger partial charge in [0.15, 0.2) is 0 Å². The van der Waals surface area contributed by atoms with Crippen molar-refractivity contribution in [2.75, 3.05) is 0 Å². The zero-order valence-corrected chi connectivity index (χ0v) is 13.1. The number of hydrogen-bond acceptors (Lipinski definition) is 1. The van der Waals surface area contributed by atoms with E-state index in [0.717, 1.165) is 11.0 Å². The van der Waals surface area contributed by atoms with Crippen molar-refractivity contribution in [3.05, 3.63) is 47.6 Å². The highest BCUT2D eigenvalue weighted by atomic mass is 16.3. The lowest BCUT2D eigenvalue weighted by molar-refractivity contribution is 0.575. The molecular weight excluding hydrogens is 232 g/mol. The minimum absolute atomic E-state index is 0.895. The van der Waals surface area contributed by atoms with Gasteiger partial charge in [0.05, 0.1) is 0 Å². The third kappa shape index (κ3) is 4.13. The van der Waals surface area contributed by atoms with E-state index in [1.54, 1.807) is 6.08 Å². The monoisotopic (exact) mass is 258 g/mol. The second-order valence-electron chi connectivity index (χ2n) is 3.74. The summed E-state index contributed by atoms with van der Waals surface area (Å²) in [6.45, 7) is 15.9. The summed E-state index contributed by atoms with van der Waals surface area (Å²) in [5.41, 5.74) is 3.08. The van der Waals surface area contributed by atoms with Crippen LogP contribution in [0.5, 0.6) is 0 Å². The summed E-state index contributed by atoms with van der Waals surface area (Å²) in [7, 11) is 0. The van der Waals surface area contributed by atoms with Crippen LogP contribution in [0, 0.1) is 0 Å². The number of rotatable bonds is 1. The molecule has 0 saturated heterocycles. The molecule has 1 heterocycles. The van der Waals surface area contributed by atoms with Gasteiger partial charge in [-0.05, 0) is 26.0 Å². The molecule has 0 N–H and O–H groups in total. The Kier molecular flexibility index (Phi) is 8.35. The van der Waals surface area contributed by atoms with Crippen LogP contribution in [0.4, 0.5) is 0 Å². The van der Waals surface area contributed by atoms with Crippen molar-refractivity contribution in [3.63, 3.8) is 0 Å². The molecule has 0 bridgehead atoms. The van der Waals surface area contributed by atoms with Gasteiger partial charge in [0.1, 0.15) is 11.0 Å². The highest BCUT2D eigenvalue weighted by Gasteiger charge is 2.01. The van der Waals surface area contributed by atoms with E-state index in [1.165, 1.54) is 16.2 Å². The van der Waals surface area contributed by atoms with E-state index in [1.807, 2.05) is 52.0 Å². The molecule has 19 heavy (non-hydrogen) atoms. The Morgan fingerprint density at radius 3 is 2.16 bits per heavy atom. The molecule has 1 heteroatoms. The zero-order valence-electron chi connectivity index (χ0n) is 13.1. The maximum atomic E-state index is 5.75. The summed E-state index contributed by atoms with van der Waals surface area (Å²) < 4.78 is 5.75. The van der Waals surface area contributed by atoms with Gasteiger partial charge in [0.2, 0.25) is 0 Å². The Balaban J connectivity index is 0.000000741. The van der Waals surface area contributed by atoms with E-state index < -0.39 is 0 Å². The molecule has 1 nitrogen and oxygen atoms in total. The van der Waals surface area contributed by atoms with Gasteiger partial charge in [0, 0.05) is 10.6 Å². The molecule has 0 radical (unpaired) electrons. The van der Waals surface area contributed by atoms with Gasteiger partial charge < -0.3 is 4.42 Å². The molecule has 2 rings (SSSR count). The normalized spacial score (nSPS) is 10.1. The van der Waals surface area contributed by atoms with Crippen LogP contribution < -0.4 is 10.6 Å². The van der Waals surface area contributed by atoms with Crippen LogP contribution in [-0.4, -0.2) is 0 Å². The summed E-state index contributed by atoms with van der Waals surface area (Å²) in [6.07, 6.45) is 3.66. The quantitative estimate of drug-likeness (QED) is 0.726. The van der Waals surface area contributed by atoms with Crippen molar-refractivity contribution in [1.82, 2.24) is 0 Å². The third-order valence-corrected chi connectivity index (χ3v) is 2.39. The van der Waals surface area contributed by atoms with Crippen LogP contribution in [0.25, 0.3) is 22.6 Å². The number of furan rings is 1. The van der Waals surface area contributed by atoms with Gasteiger partial charge in [-0.15, -0.1) is 0 Å². The van der Waals surface area contributed by atoms with Gasteiger partial charge in [-0.3, -0.25) is 0 Å². The molecule has 0 spiro atoms. The topological polar surface area (TPSA) is 13.1 Å². The van der Waals surface area contributed by atoms with E-state index >= 15 is 0 Å². The molecular formula is C18H26O. The first-order valence-corrected chi connectivity index (χ1v) is 7.02. The van der Waals surface area contributed by atoms with Crippen molar-refractivity contribution in [2.45, 2.75) is 41.5 Å². The van der Waals surface area contributed by atoms with E-state index in [-0.39, 0.29) is 0 Å². The van der Waals surface area contributed by atoms with Gasteiger partial charge >= 0.3 is 0 Å². The third-order valence-electron chi connectivity index (χ3n) is 2.39. The molecule has 1 aromatic carbocycles. The predicted molar refractivity (Wildman–Crippen MR) is 87.6 cm³/mol. The molecule has 0 aliphatic carbocycles. The smallest absolute Gasteiger partial charge is 0.135 e. The van der Waals surface area contributed by atoms with Crippen molar-refractivity contribution in [3.8, 4) is 0 Å². The molecule has 1 aromatic heterocycles. The van der Waals surface area contributed by atoms with Crippen LogP contribution in [0.1, 0.15) is 41.5 Å². The Hall–Kier alpha value is -1.76. The standard InChI is InChI=1S/C14H14O.2C2H6/c1-4-7-13-14(10(2)3)11-8-5-6-9-12(11)15-13;2*1-2/h4-9H,1H2,2-3H3;2*1-2H3/b13-7+;;. The minimum Gasteiger partial charge on any atom is -0.456 e. The van der Waals surface area contributed by atoms with E-state index in [4.69, 9.17) is 4.42 Å². The number of allylic oxidation sites excluding steroid dienone is 1. The Morgan fingerprint density at radius 1 is 1.05 bits per heavy atom. The Bertz CT molecular complexity index is 611. The zero-order chi connectivity index (χ0) is 14.8. The number of hydrogen-bond donors (Lipinski definition) is 0. The van der Waals surface area contributed by atoms with Gasteiger partial charge in [-0.1, -0.05) is 64.1 Å². The largest absolute Gasteiger partial charge is 0.456 e. The van der Waals surface area contributed by atoms with Crippen molar-refractivity contribution < 1.29 is 4.42 Å². The molecule has 0 aliphatic heterocycles. The van der Waals surface area contributed by atoms with Crippen LogP contribution in [0.15, 0.2) is 41.3 Å². The Labute approximate surface area is 116 Å². The molecule has 0 amide bonds. The fourth-order valence-corrected chi connectivity index (χ4v) is 1.80. The highest BCUT2D eigenvalue weighted by Crippen LogP contribution is 2.07. The van der Waals surface area contributed by atoms with Gasteiger partial charge in [0.25, 0.3) is 0 Å². The summed E-state index contributed by atoms with van der Waals surface area (Å²) in [6, 6.07) is 8.09. The number of para-hydroxylation sites is 1. The lowest BCUT2D eigenvalue weighted by Crippen LogP contribution is -2.21. The first kappa shape index (κ1) is 17.2. The van der Waals surface area contributed by atoms with Crippen LogP contribution in [-0.2, 0) is 0 Å². The lowest BCUT2D eigenvalue weighted by Gasteiger charge is -1.87. The van der Waals surface area contributed by atoms with E-state index in [2.05, 4.69) is 26.5 Å². The average Bonchev–Trinajstić information content (AvgIpc) is 2.81. The van der Waals surface area contributed by atoms with E-state index in [0.29, 0.717) is 0 Å².